The van der Waals surface area contributed by atoms with Crippen LogP contribution in [0, 0.1) is 17.8 Å². The zero-order valence-electron chi connectivity index (χ0n) is 12.0. The third kappa shape index (κ3) is 3.10. The van der Waals surface area contributed by atoms with E-state index in [1.54, 1.807) is 11.7 Å². The van der Waals surface area contributed by atoms with Gasteiger partial charge in [-0.2, -0.15) is 0 Å². The molecule has 0 aromatic carbocycles. The van der Waals surface area contributed by atoms with Crippen LogP contribution in [0.15, 0.2) is 5.16 Å². The Bertz CT molecular complexity index is 616. The molecule has 0 aliphatic heterocycles. The van der Waals surface area contributed by atoms with Crippen LogP contribution >= 0.6 is 10.7 Å². The maximum Gasteiger partial charge on any atom is 0.296 e. The van der Waals surface area contributed by atoms with Crippen molar-refractivity contribution in [3.63, 3.8) is 0 Å². The Balaban J connectivity index is 1.82. The first kappa shape index (κ1) is 15.2. The van der Waals surface area contributed by atoms with Gasteiger partial charge in [0.1, 0.15) is 5.82 Å². The smallest absolute Gasteiger partial charge is 0.296 e. The van der Waals surface area contributed by atoms with E-state index in [9.17, 15) is 8.42 Å². The summed E-state index contributed by atoms with van der Waals surface area (Å²) in [6.07, 6.45) is 5.97. The molecule has 3 rings (SSSR count). The Morgan fingerprint density at radius 2 is 2.14 bits per heavy atom. The van der Waals surface area contributed by atoms with E-state index in [0.717, 1.165) is 18.3 Å². The Morgan fingerprint density at radius 3 is 2.71 bits per heavy atom. The van der Waals surface area contributed by atoms with Crippen LogP contribution in [-0.2, 0) is 26.8 Å². The van der Waals surface area contributed by atoms with Gasteiger partial charge in [0.2, 0.25) is 0 Å². The molecular formula is C13H20ClN3O3S. The normalized spacial score (nSPS) is 28.4. The van der Waals surface area contributed by atoms with E-state index in [0.29, 0.717) is 24.9 Å². The maximum absolute atomic E-state index is 11.6. The molecule has 3 atom stereocenters. The minimum absolute atomic E-state index is 0.167. The molecule has 1 aromatic rings. The van der Waals surface area contributed by atoms with Crippen molar-refractivity contribution in [2.24, 2.45) is 17.8 Å². The fourth-order valence-electron chi connectivity index (χ4n) is 3.92. The Morgan fingerprint density at radius 1 is 1.33 bits per heavy atom. The first-order valence-corrected chi connectivity index (χ1v) is 9.65. The van der Waals surface area contributed by atoms with Gasteiger partial charge in [-0.25, -0.2) is 8.42 Å². The molecule has 2 aliphatic rings. The highest BCUT2D eigenvalue weighted by molar-refractivity contribution is 8.13. The van der Waals surface area contributed by atoms with Gasteiger partial charge >= 0.3 is 0 Å². The molecular weight excluding hydrogens is 314 g/mol. The molecule has 0 amide bonds. The summed E-state index contributed by atoms with van der Waals surface area (Å²) in [4.78, 5) is 0. The van der Waals surface area contributed by atoms with E-state index in [2.05, 4.69) is 10.2 Å². The highest BCUT2D eigenvalue weighted by Crippen LogP contribution is 2.49. The molecule has 0 N–H and O–H groups in total. The van der Waals surface area contributed by atoms with Gasteiger partial charge < -0.3 is 4.74 Å². The van der Waals surface area contributed by atoms with E-state index in [1.807, 2.05) is 0 Å². The van der Waals surface area contributed by atoms with Crippen LogP contribution in [0.25, 0.3) is 0 Å². The van der Waals surface area contributed by atoms with Gasteiger partial charge in [0.25, 0.3) is 14.2 Å². The van der Waals surface area contributed by atoms with E-state index in [4.69, 9.17) is 15.4 Å². The van der Waals surface area contributed by atoms with Crippen molar-refractivity contribution < 1.29 is 13.2 Å². The molecule has 2 saturated carbocycles. The van der Waals surface area contributed by atoms with Gasteiger partial charge in [-0.3, -0.25) is 4.57 Å². The summed E-state index contributed by atoms with van der Waals surface area (Å²) in [7, 11) is 3.14. The lowest BCUT2D eigenvalue weighted by atomic mass is 9.86. The lowest BCUT2D eigenvalue weighted by molar-refractivity contribution is 0.182. The third-order valence-corrected chi connectivity index (χ3v) is 6.01. The number of aromatic nitrogens is 3. The largest absolute Gasteiger partial charge is 0.383 e. The van der Waals surface area contributed by atoms with Crippen LogP contribution in [0.5, 0.6) is 0 Å². The Labute approximate surface area is 129 Å². The minimum atomic E-state index is -3.88. The molecule has 1 aromatic heterocycles. The van der Waals surface area contributed by atoms with Gasteiger partial charge in [-0.15, -0.1) is 10.2 Å². The second-order valence-electron chi connectivity index (χ2n) is 6.12. The predicted octanol–water partition coefficient (Wildman–Crippen LogP) is 1.83. The van der Waals surface area contributed by atoms with Crippen LogP contribution in [0.1, 0.15) is 31.5 Å². The Hall–Kier alpha value is -0.660. The van der Waals surface area contributed by atoms with Gasteiger partial charge in [0, 0.05) is 30.8 Å². The van der Waals surface area contributed by atoms with Gasteiger partial charge in [-0.05, 0) is 37.0 Å². The molecule has 6 nitrogen and oxygen atoms in total. The van der Waals surface area contributed by atoms with Gasteiger partial charge in [-0.1, -0.05) is 6.42 Å². The molecule has 1 heterocycles. The monoisotopic (exact) mass is 333 g/mol. The molecule has 8 heteroatoms. The summed E-state index contributed by atoms with van der Waals surface area (Å²) in [5.74, 6) is 2.93. The average molecular weight is 334 g/mol. The van der Waals surface area contributed by atoms with E-state index < -0.39 is 9.05 Å². The summed E-state index contributed by atoms with van der Waals surface area (Å²) >= 11 is 0. The number of methoxy groups -OCH3 is 1. The van der Waals surface area contributed by atoms with Gasteiger partial charge in [0.05, 0.1) is 6.61 Å². The molecule has 0 spiro atoms. The number of hydrogen-bond acceptors (Lipinski definition) is 5. The zero-order chi connectivity index (χ0) is 15.0. The quantitative estimate of drug-likeness (QED) is 0.742. The molecule has 21 heavy (non-hydrogen) atoms. The number of fused-ring (bicyclic) bond motifs is 2. The van der Waals surface area contributed by atoms with Crippen molar-refractivity contribution in [2.75, 3.05) is 13.7 Å². The molecule has 3 unspecified atom stereocenters. The summed E-state index contributed by atoms with van der Waals surface area (Å²) in [5.41, 5.74) is 0. The standard InChI is InChI=1S/C13H20ClN3O3S/c1-20-5-4-17-12(15-16-13(17)21(14,18)19)8-11-7-9-2-3-10(11)6-9/h9-11H,2-8H2,1H3. The van der Waals surface area contributed by atoms with Crippen LogP contribution in [0.3, 0.4) is 0 Å². The number of rotatable bonds is 6. The van der Waals surface area contributed by atoms with Crippen molar-refractivity contribution in [1.82, 2.24) is 14.8 Å². The van der Waals surface area contributed by atoms with Crippen LogP contribution in [-0.4, -0.2) is 36.9 Å². The minimum Gasteiger partial charge on any atom is -0.383 e. The van der Waals surface area contributed by atoms with Crippen molar-refractivity contribution >= 4 is 19.7 Å². The highest BCUT2D eigenvalue weighted by Gasteiger charge is 2.40. The van der Waals surface area contributed by atoms with Crippen LogP contribution in [0.2, 0.25) is 0 Å². The fraction of sp³-hybridized carbons (Fsp3) is 0.846. The van der Waals surface area contributed by atoms with Crippen molar-refractivity contribution in [3.05, 3.63) is 5.82 Å². The summed E-state index contributed by atoms with van der Waals surface area (Å²) in [6, 6.07) is 0. The first-order chi connectivity index (χ1) is 9.99. The molecule has 0 saturated heterocycles. The van der Waals surface area contributed by atoms with E-state index in [-0.39, 0.29) is 5.16 Å². The topological polar surface area (TPSA) is 74.1 Å². The van der Waals surface area contributed by atoms with Gasteiger partial charge in [0.15, 0.2) is 0 Å². The van der Waals surface area contributed by atoms with E-state index in [1.165, 1.54) is 25.7 Å². The SMILES string of the molecule is COCCn1c(CC2CC3CCC2C3)nnc1S(=O)(=O)Cl. The fourth-order valence-corrected chi connectivity index (χ4v) is 4.86. The van der Waals surface area contributed by atoms with E-state index >= 15 is 0 Å². The second kappa shape index (κ2) is 5.85. The summed E-state index contributed by atoms with van der Waals surface area (Å²) in [6.45, 7) is 0.808. The Kier molecular flexibility index (Phi) is 4.25. The summed E-state index contributed by atoms with van der Waals surface area (Å²) < 4.78 is 29.8. The van der Waals surface area contributed by atoms with Crippen molar-refractivity contribution in [2.45, 2.75) is 43.8 Å². The second-order valence-corrected chi connectivity index (χ2v) is 8.58. The molecule has 2 fully saturated rings. The summed E-state index contributed by atoms with van der Waals surface area (Å²) in [5, 5.41) is 7.69. The zero-order valence-corrected chi connectivity index (χ0v) is 13.6. The molecule has 2 aliphatic carbocycles. The van der Waals surface area contributed by atoms with Crippen LogP contribution < -0.4 is 0 Å². The number of nitrogens with zero attached hydrogens (tertiary/aromatic N) is 3. The third-order valence-electron chi connectivity index (χ3n) is 4.86. The molecule has 2 bridgehead atoms. The number of ether oxygens (including phenoxy) is 1. The lowest BCUT2D eigenvalue weighted by Crippen LogP contribution is -2.18. The predicted molar refractivity (Wildman–Crippen MR) is 77.6 cm³/mol. The number of halogens is 1. The number of hydrogen-bond donors (Lipinski definition) is 0. The first-order valence-electron chi connectivity index (χ1n) is 7.34. The van der Waals surface area contributed by atoms with Crippen LogP contribution in [0.4, 0.5) is 0 Å². The highest BCUT2D eigenvalue weighted by atomic mass is 35.7. The molecule has 0 radical (unpaired) electrons. The lowest BCUT2D eigenvalue weighted by Gasteiger charge is -2.21. The maximum atomic E-state index is 11.6. The van der Waals surface area contributed by atoms with Crippen molar-refractivity contribution in [3.8, 4) is 0 Å². The van der Waals surface area contributed by atoms with Crippen molar-refractivity contribution in [1.29, 1.82) is 0 Å². The molecule has 118 valence electrons. The average Bonchev–Trinajstić information content (AvgIpc) is 3.10.